The molecule has 5 heteroatoms. The molecule has 0 unspecified atom stereocenters. The van der Waals surface area contributed by atoms with E-state index in [1.54, 1.807) is 6.92 Å². The Labute approximate surface area is 208 Å². The van der Waals surface area contributed by atoms with E-state index in [2.05, 4.69) is 48.6 Å². The fourth-order valence-electron chi connectivity index (χ4n) is 4.66. The van der Waals surface area contributed by atoms with E-state index in [0.717, 1.165) is 28.7 Å². The van der Waals surface area contributed by atoms with Crippen molar-refractivity contribution in [2.45, 2.75) is 59.2 Å². The third-order valence-electron chi connectivity index (χ3n) is 6.59. The van der Waals surface area contributed by atoms with E-state index in [-0.39, 0.29) is 17.9 Å². The maximum atomic E-state index is 12.8. The SMILES string of the molecule is CCC(=O)N1CCc2ccc(O[C@@H](C)C(=O)NCc3cccc(C)c3)cc2[C@@H]1c1ccc(C)cc1. The Morgan fingerprint density at radius 3 is 2.51 bits per heavy atom. The molecule has 0 aromatic heterocycles. The molecule has 4 rings (SSSR count). The van der Waals surface area contributed by atoms with Gasteiger partial charge in [-0.2, -0.15) is 0 Å². The van der Waals surface area contributed by atoms with Gasteiger partial charge in [0, 0.05) is 19.5 Å². The first-order chi connectivity index (χ1) is 16.9. The molecule has 1 aliphatic heterocycles. The Bertz CT molecular complexity index is 1200. The van der Waals surface area contributed by atoms with E-state index in [9.17, 15) is 9.59 Å². The van der Waals surface area contributed by atoms with Gasteiger partial charge in [0.05, 0.1) is 6.04 Å². The van der Waals surface area contributed by atoms with Gasteiger partial charge in [-0.1, -0.05) is 72.6 Å². The summed E-state index contributed by atoms with van der Waals surface area (Å²) in [6, 6.07) is 22.3. The van der Waals surface area contributed by atoms with Crippen LogP contribution in [0, 0.1) is 13.8 Å². The van der Waals surface area contributed by atoms with Gasteiger partial charge in [0.2, 0.25) is 5.91 Å². The van der Waals surface area contributed by atoms with Crippen molar-refractivity contribution in [3.63, 3.8) is 0 Å². The number of rotatable bonds is 7. The van der Waals surface area contributed by atoms with Crippen LogP contribution in [0.5, 0.6) is 5.75 Å². The predicted octanol–water partition coefficient (Wildman–Crippen LogP) is 5.27. The van der Waals surface area contributed by atoms with Gasteiger partial charge in [0.1, 0.15) is 5.75 Å². The molecule has 0 spiro atoms. The molecule has 3 aromatic rings. The topological polar surface area (TPSA) is 58.6 Å². The van der Waals surface area contributed by atoms with Crippen molar-refractivity contribution in [2.24, 2.45) is 0 Å². The van der Waals surface area contributed by atoms with Crippen LogP contribution in [0.25, 0.3) is 0 Å². The lowest BCUT2D eigenvalue weighted by molar-refractivity contribution is -0.133. The zero-order chi connectivity index (χ0) is 24.9. The van der Waals surface area contributed by atoms with Gasteiger partial charge in [-0.25, -0.2) is 0 Å². The number of carbonyl (C=O) groups is 2. The molecule has 2 atom stereocenters. The first-order valence-electron chi connectivity index (χ1n) is 12.3. The molecule has 0 saturated carbocycles. The van der Waals surface area contributed by atoms with Crippen LogP contribution in [0.3, 0.4) is 0 Å². The van der Waals surface area contributed by atoms with Crippen LogP contribution in [0.1, 0.15) is 59.7 Å². The van der Waals surface area contributed by atoms with Crippen LogP contribution in [0.2, 0.25) is 0 Å². The van der Waals surface area contributed by atoms with E-state index in [1.807, 2.05) is 49.1 Å². The van der Waals surface area contributed by atoms with Crippen LogP contribution in [0.15, 0.2) is 66.7 Å². The number of benzene rings is 3. The third kappa shape index (κ3) is 5.73. The quantitative estimate of drug-likeness (QED) is 0.512. The molecule has 182 valence electrons. The predicted molar refractivity (Wildman–Crippen MR) is 138 cm³/mol. The Hall–Kier alpha value is -3.60. The van der Waals surface area contributed by atoms with Gasteiger partial charge in [-0.3, -0.25) is 9.59 Å². The molecule has 0 radical (unpaired) electrons. The van der Waals surface area contributed by atoms with E-state index in [1.165, 1.54) is 11.1 Å². The average molecular weight is 471 g/mol. The second kappa shape index (κ2) is 10.8. The summed E-state index contributed by atoms with van der Waals surface area (Å²) in [6.45, 7) is 8.91. The van der Waals surface area contributed by atoms with E-state index in [4.69, 9.17) is 4.74 Å². The summed E-state index contributed by atoms with van der Waals surface area (Å²) in [5.41, 5.74) is 6.75. The normalized spacial score (nSPS) is 15.8. The van der Waals surface area contributed by atoms with E-state index in [0.29, 0.717) is 25.3 Å². The van der Waals surface area contributed by atoms with Crippen LogP contribution in [0.4, 0.5) is 0 Å². The monoisotopic (exact) mass is 470 g/mol. The molecule has 0 saturated heterocycles. The number of carbonyl (C=O) groups excluding carboxylic acids is 2. The number of aryl methyl sites for hydroxylation is 2. The number of fused-ring (bicyclic) bond motifs is 1. The number of ether oxygens (including phenoxy) is 1. The van der Waals surface area contributed by atoms with Gasteiger partial charge >= 0.3 is 0 Å². The molecule has 0 fully saturated rings. The molecule has 3 aromatic carbocycles. The number of nitrogens with zero attached hydrogens (tertiary/aromatic N) is 1. The van der Waals surface area contributed by atoms with Crippen molar-refractivity contribution in [2.75, 3.05) is 6.54 Å². The lowest BCUT2D eigenvalue weighted by Gasteiger charge is -2.38. The summed E-state index contributed by atoms with van der Waals surface area (Å²) >= 11 is 0. The number of hydrogen-bond donors (Lipinski definition) is 1. The number of nitrogens with one attached hydrogen (secondary N) is 1. The third-order valence-corrected chi connectivity index (χ3v) is 6.59. The molecule has 35 heavy (non-hydrogen) atoms. The fourth-order valence-corrected chi connectivity index (χ4v) is 4.66. The highest BCUT2D eigenvalue weighted by molar-refractivity contribution is 5.80. The van der Waals surface area contributed by atoms with E-state index >= 15 is 0 Å². The van der Waals surface area contributed by atoms with Crippen molar-refractivity contribution in [1.82, 2.24) is 10.2 Å². The van der Waals surface area contributed by atoms with Crippen LogP contribution in [-0.2, 0) is 22.6 Å². The van der Waals surface area contributed by atoms with Crippen LogP contribution < -0.4 is 10.1 Å². The first kappa shape index (κ1) is 24.5. The molecule has 0 aliphatic carbocycles. The Balaban J connectivity index is 1.54. The van der Waals surface area contributed by atoms with Gasteiger partial charge in [0.25, 0.3) is 5.91 Å². The number of hydrogen-bond acceptors (Lipinski definition) is 3. The maximum absolute atomic E-state index is 12.8. The molecule has 0 bridgehead atoms. The van der Waals surface area contributed by atoms with E-state index < -0.39 is 6.10 Å². The maximum Gasteiger partial charge on any atom is 0.261 e. The van der Waals surface area contributed by atoms with Gasteiger partial charge in [-0.05, 0) is 61.6 Å². The number of amides is 2. The fraction of sp³-hybridized carbons (Fsp3) is 0.333. The summed E-state index contributed by atoms with van der Waals surface area (Å²) in [6.07, 6.45) is 0.620. The minimum atomic E-state index is -0.646. The van der Waals surface area contributed by atoms with Gasteiger partial charge < -0.3 is 15.0 Å². The Morgan fingerprint density at radius 1 is 1.03 bits per heavy atom. The van der Waals surface area contributed by atoms with Crippen LogP contribution >= 0.6 is 0 Å². The highest BCUT2D eigenvalue weighted by Gasteiger charge is 2.32. The average Bonchev–Trinajstić information content (AvgIpc) is 2.86. The van der Waals surface area contributed by atoms with Crippen molar-refractivity contribution in [3.05, 3.63) is 100 Å². The zero-order valence-corrected chi connectivity index (χ0v) is 21.0. The smallest absolute Gasteiger partial charge is 0.261 e. The Kier molecular flexibility index (Phi) is 7.54. The summed E-state index contributed by atoms with van der Waals surface area (Å²) in [5.74, 6) is 0.600. The summed E-state index contributed by atoms with van der Waals surface area (Å²) in [5, 5.41) is 2.96. The highest BCUT2D eigenvalue weighted by Crippen LogP contribution is 2.37. The van der Waals surface area contributed by atoms with Crippen molar-refractivity contribution in [3.8, 4) is 5.75 Å². The molecule has 1 heterocycles. The van der Waals surface area contributed by atoms with Crippen molar-refractivity contribution < 1.29 is 14.3 Å². The highest BCUT2D eigenvalue weighted by atomic mass is 16.5. The summed E-state index contributed by atoms with van der Waals surface area (Å²) in [7, 11) is 0. The lowest BCUT2D eigenvalue weighted by atomic mass is 9.87. The minimum absolute atomic E-state index is 0.136. The molecule has 5 nitrogen and oxygen atoms in total. The first-order valence-corrected chi connectivity index (χ1v) is 12.3. The van der Waals surface area contributed by atoms with Gasteiger partial charge in [-0.15, -0.1) is 0 Å². The molecular weight excluding hydrogens is 436 g/mol. The minimum Gasteiger partial charge on any atom is -0.481 e. The standard InChI is InChI=1S/C30H34N2O3/c1-5-28(33)32-16-15-24-13-14-26(18-27(24)29(32)25-11-9-20(2)10-12-25)35-22(4)30(34)31-19-23-8-6-7-21(3)17-23/h6-14,17-18,22,29H,5,15-16,19H2,1-4H3,(H,31,34)/t22-,29-/m0/s1. The largest absolute Gasteiger partial charge is 0.481 e. The summed E-state index contributed by atoms with van der Waals surface area (Å²) < 4.78 is 6.06. The van der Waals surface area contributed by atoms with Gasteiger partial charge in [0.15, 0.2) is 6.10 Å². The molecule has 1 N–H and O–H groups in total. The lowest BCUT2D eigenvalue weighted by Crippen LogP contribution is -2.40. The molecule has 1 aliphatic rings. The van der Waals surface area contributed by atoms with Crippen LogP contribution in [-0.4, -0.2) is 29.4 Å². The van der Waals surface area contributed by atoms with Crippen molar-refractivity contribution >= 4 is 11.8 Å². The Morgan fingerprint density at radius 2 is 1.80 bits per heavy atom. The zero-order valence-electron chi connectivity index (χ0n) is 21.0. The van der Waals surface area contributed by atoms with Crippen molar-refractivity contribution in [1.29, 1.82) is 0 Å². The second-order valence-electron chi connectivity index (χ2n) is 9.33. The summed E-state index contributed by atoms with van der Waals surface area (Å²) in [4.78, 5) is 27.5. The second-order valence-corrected chi connectivity index (χ2v) is 9.33. The molecule has 2 amide bonds. The molecular formula is C30H34N2O3.